The Morgan fingerprint density at radius 2 is 2.08 bits per heavy atom. The summed E-state index contributed by atoms with van der Waals surface area (Å²) < 4.78 is 4.97. The first-order valence-electron chi connectivity index (χ1n) is 4.48. The van der Waals surface area contributed by atoms with Crippen molar-refractivity contribution in [2.45, 2.75) is 32.9 Å². The van der Waals surface area contributed by atoms with Gasteiger partial charge in [0.2, 0.25) is 0 Å². The van der Waals surface area contributed by atoms with Gasteiger partial charge >= 0.3 is 5.97 Å². The van der Waals surface area contributed by atoms with Gasteiger partial charge in [-0.2, -0.15) is 11.8 Å². The van der Waals surface area contributed by atoms with Crippen LogP contribution in [0.15, 0.2) is 0 Å². The van der Waals surface area contributed by atoms with Crippen LogP contribution in [0, 0.1) is 0 Å². The minimum Gasteiger partial charge on any atom is -0.462 e. The molecule has 0 aromatic rings. The van der Waals surface area contributed by atoms with Crippen molar-refractivity contribution in [2.75, 3.05) is 18.6 Å². The maximum atomic E-state index is 11.1. The molecule has 0 heterocycles. The molecule has 0 saturated heterocycles. The molecule has 0 aromatic heterocycles. The number of rotatable bonds is 6. The zero-order valence-corrected chi connectivity index (χ0v) is 9.61. The van der Waals surface area contributed by atoms with Gasteiger partial charge in [0.1, 0.15) is 0 Å². The van der Waals surface area contributed by atoms with E-state index in [4.69, 9.17) is 4.74 Å². The molecule has 0 saturated carbocycles. The summed E-state index contributed by atoms with van der Waals surface area (Å²) in [5, 5.41) is 3.09. The van der Waals surface area contributed by atoms with E-state index >= 15 is 0 Å². The van der Waals surface area contributed by atoms with E-state index < -0.39 is 0 Å². The fraction of sp³-hybridized carbons (Fsp3) is 0.889. The average Bonchev–Trinajstić information content (AvgIpc) is 2.00. The molecule has 13 heavy (non-hydrogen) atoms. The Kier molecular flexibility index (Phi) is 7.09. The fourth-order valence-corrected chi connectivity index (χ4v) is 1.49. The minimum absolute atomic E-state index is 0.0230. The highest BCUT2D eigenvalue weighted by atomic mass is 32.2. The summed E-state index contributed by atoms with van der Waals surface area (Å²) in [6.07, 6.45) is 2.02. The Balaban J connectivity index is 3.46. The summed E-state index contributed by atoms with van der Waals surface area (Å²) in [6.45, 7) is 6.06. The molecule has 0 aliphatic carbocycles. The first kappa shape index (κ1) is 12.8. The zero-order valence-electron chi connectivity index (χ0n) is 8.79. The van der Waals surface area contributed by atoms with Crippen LogP contribution < -0.4 is 5.32 Å². The second-order valence-electron chi connectivity index (χ2n) is 3.28. The molecule has 4 heteroatoms. The van der Waals surface area contributed by atoms with Gasteiger partial charge in [-0.15, -0.1) is 0 Å². The van der Waals surface area contributed by atoms with Gasteiger partial charge in [-0.1, -0.05) is 0 Å². The highest BCUT2D eigenvalue weighted by molar-refractivity contribution is 7.98. The maximum Gasteiger partial charge on any atom is 0.320 e. The smallest absolute Gasteiger partial charge is 0.320 e. The number of nitrogens with one attached hydrogen (secondary N) is 1. The lowest BCUT2D eigenvalue weighted by molar-refractivity contribution is -0.146. The van der Waals surface area contributed by atoms with Crippen molar-refractivity contribution in [1.82, 2.24) is 5.32 Å². The lowest BCUT2D eigenvalue weighted by Gasteiger charge is -2.12. The second kappa shape index (κ2) is 7.21. The molecule has 1 unspecified atom stereocenters. The Morgan fingerprint density at radius 1 is 1.46 bits per heavy atom. The fourth-order valence-electron chi connectivity index (χ4n) is 0.871. The van der Waals surface area contributed by atoms with Crippen molar-refractivity contribution in [3.63, 3.8) is 0 Å². The zero-order chi connectivity index (χ0) is 10.3. The maximum absolute atomic E-state index is 11.1. The normalized spacial score (nSPS) is 13.0. The number of ether oxygens (including phenoxy) is 1. The molecule has 0 spiro atoms. The SMILES string of the molecule is CSCC(C)NCC(=O)OC(C)C. The summed E-state index contributed by atoms with van der Waals surface area (Å²) in [6, 6.07) is 0.356. The summed E-state index contributed by atoms with van der Waals surface area (Å²) in [4.78, 5) is 11.1. The summed E-state index contributed by atoms with van der Waals surface area (Å²) in [7, 11) is 0. The van der Waals surface area contributed by atoms with Crippen molar-refractivity contribution in [3.05, 3.63) is 0 Å². The van der Waals surface area contributed by atoms with Crippen LogP contribution in [0.3, 0.4) is 0 Å². The molecular formula is C9H19NO2S. The predicted octanol–water partition coefficient (Wildman–Crippen LogP) is 1.28. The molecule has 0 bridgehead atoms. The molecule has 0 rings (SSSR count). The van der Waals surface area contributed by atoms with Gasteiger partial charge in [0.15, 0.2) is 0 Å². The number of thioether (sulfide) groups is 1. The topological polar surface area (TPSA) is 38.3 Å². The van der Waals surface area contributed by atoms with Crippen molar-refractivity contribution in [1.29, 1.82) is 0 Å². The molecule has 3 nitrogen and oxygen atoms in total. The largest absolute Gasteiger partial charge is 0.462 e. The van der Waals surface area contributed by atoms with E-state index in [0.29, 0.717) is 12.6 Å². The molecule has 0 aliphatic rings. The van der Waals surface area contributed by atoms with Crippen LogP contribution in [-0.4, -0.2) is 36.7 Å². The molecule has 0 amide bonds. The molecule has 0 radical (unpaired) electrons. The van der Waals surface area contributed by atoms with Crippen molar-refractivity contribution in [2.24, 2.45) is 0 Å². The molecule has 78 valence electrons. The Bertz CT molecular complexity index is 151. The van der Waals surface area contributed by atoms with E-state index in [9.17, 15) is 4.79 Å². The van der Waals surface area contributed by atoms with E-state index in [2.05, 4.69) is 12.2 Å². The first-order chi connectivity index (χ1) is 6.06. The highest BCUT2D eigenvalue weighted by Gasteiger charge is 2.07. The van der Waals surface area contributed by atoms with E-state index in [1.54, 1.807) is 11.8 Å². The first-order valence-corrected chi connectivity index (χ1v) is 5.87. The molecule has 1 atom stereocenters. The van der Waals surface area contributed by atoms with Gasteiger partial charge in [-0.05, 0) is 27.0 Å². The van der Waals surface area contributed by atoms with Gasteiger partial charge in [-0.25, -0.2) is 0 Å². The summed E-state index contributed by atoms with van der Waals surface area (Å²) >= 11 is 1.76. The molecule has 0 aromatic carbocycles. The number of hydrogen-bond acceptors (Lipinski definition) is 4. The standard InChI is InChI=1S/C9H19NO2S/c1-7(2)12-9(11)5-10-8(3)6-13-4/h7-8,10H,5-6H2,1-4H3. The third kappa shape index (κ3) is 8.12. The monoisotopic (exact) mass is 205 g/mol. The van der Waals surface area contributed by atoms with Crippen LogP contribution in [0.4, 0.5) is 0 Å². The number of hydrogen-bond donors (Lipinski definition) is 1. The third-order valence-corrected chi connectivity index (χ3v) is 2.21. The Morgan fingerprint density at radius 3 is 2.54 bits per heavy atom. The van der Waals surface area contributed by atoms with Crippen LogP contribution in [0.5, 0.6) is 0 Å². The quantitative estimate of drug-likeness (QED) is 0.663. The van der Waals surface area contributed by atoms with Gasteiger partial charge in [0.25, 0.3) is 0 Å². The summed E-state index contributed by atoms with van der Waals surface area (Å²) in [5.74, 6) is 0.831. The lowest BCUT2D eigenvalue weighted by atomic mass is 10.4. The number of esters is 1. The van der Waals surface area contributed by atoms with Crippen molar-refractivity contribution < 1.29 is 9.53 Å². The van der Waals surface area contributed by atoms with Crippen LogP contribution in [0.1, 0.15) is 20.8 Å². The number of carbonyl (C=O) groups is 1. The van der Waals surface area contributed by atoms with Crippen LogP contribution in [0.25, 0.3) is 0 Å². The second-order valence-corrected chi connectivity index (χ2v) is 4.19. The van der Waals surface area contributed by atoms with E-state index in [1.807, 2.05) is 20.1 Å². The van der Waals surface area contributed by atoms with Crippen molar-refractivity contribution >= 4 is 17.7 Å². The average molecular weight is 205 g/mol. The molecular weight excluding hydrogens is 186 g/mol. The van der Waals surface area contributed by atoms with E-state index in [0.717, 1.165) is 5.75 Å². The van der Waals surface area contributed by atoms with Crippen molar-refractivity contribution in [3.8, 4) is 0 Å². The highest BCUT2D eigenvalue weighted by Crippen LogP contribution is 1.95. The summed E-state index contributed by atoms with van der Waals surface area (Å²) in [5.41, 5.74) is 0. The van der Waals surface area contributed by atoms with Gasteiger partial charge in [0, 0.05) is 11.8 Å². The van der Waals surface area contributed by atoms with E-state index in [1.165, 1.54) is 0 Å². The van der Waals surface area contributed by atoms with Gasteiger partial charge < -0.3 is 10.1 Å². The minimum atomic E-state index is -0.178. The number of carbonyl (C=O) groups excluding carboxylic acids is 1. The molecule has 0 fully saturated rings. The Hall–Kier alpha value is -0.220. The third-order valence-electron chi connectivity index (χ3n) is 1.38. The van der Waals surface area contributed by atoms with E-state index in [-0.39, 0.29) is 12.1 Å². The predicted molar refractivity (Wildman–Crippen MR) is 57.1 cm³/mol. The van der Waals surface area contributed by atoms with Gasteiger partial charge in [-0.3, -0.25) is 4.79 Å². The lowest BCUT2D eigenvalue weighted by Crippen LogP contribution is -2.34. The van der Waals surface area contributed by atoms with Crippen LogP contribution in [0.2, 0.25) is 0 Å². The Labute approximate surface area is 84.6 Å². The van der Waals surface area contributed by atoms with Gasteiger partial charge in [0.05, 0.1) is 12.6 Å². The molecule has 0 aliphatic heterocycles. The van der Waals surface area contributed by atoms with Crippen LogP contribution >= 0.6 is 11.8 Å². The van der Waals surface area contributed by atoms with Crippen LogP contribution in [-0.2, 0) is 9.53 Å². The molecule has 1 N–H and O–H groups in total.